The molecule has 26 heavy (non-hydrogen) atoms. The fourth-order valence-corrected chi connectivity index (χ4v) is 3.27. The van der Waals surface area contributed by atoms with Crippen LogP contribution < -0.4 is 10.6 Å². The molecule has 0 aliphatic carbocycles. The van der Waals surface area contributed by atoms with Gasteiger partial charge in [-0.1, -0.05) is 38.1 Å². The number of nitrogens with one attached hydrogen (secondary N) is 2. The van der Waals surface area contributed by atoms with Crippen molar-refractivity contribution >= 4 is 29.9 Å². The highest BCUT2D eigenvalue weighted by atomic mass is 127. The van der Waals surface area contributed by atoms with E-state index in [2.05, 4.69) is 63.8 Å². The third-order valence-corrected chi connectivity index (χ3v) is 4.73. The number of hydrogen-bond donors (Lipinski definition) is 2. The Morgan fingerprint density at radius 2 is 2.00 bits per heavy atom. The highest BCUT2D eigenvalue weighted by molar-refractivity contribution is 14.0. The van der Waals surface area contributed by atoms with Crippen molar-refractivity contribution < 1.29 is 0 Å². The van der Waals surface area contributed by atoms with Gasteiger partial charge in [-0.3, -0.25) is 4.99 Å². The van der Waals surface area contributed by atoms with Crippen LogP contribution in [0, 0.1) is 0 Å². The number of fused-ring (bicyclic) bond motifs is 1. The second kappa shape index (κ2) is 9.89. The highest BCUT2D eigenvalue weighted by Gasteiger charge is 2.22. The molecule has 0 saturated carbocycles. The maximum atomic E-state index is 4.58. The molecule has 1 atom stereocenters. The first-order valence-corrected chi connectivity index (χ1v) is 9.20. The molecule has 1 unspecified atom stereocenters. The third kappa shape index (κ3) is 4.96. The van der Waals surface area contributed by atoms with Crippen LogP contribution in [-0.2, 0) is 32.4 Å². The average Bonchev–Trinajstić information content (AvgIpc) is 3.07. The third-order valence-electron chi connectivity index (χ3n) is 4.73. The van der Waals surface area contributed by atoms with Crippen molar-refractivity contribution in [3.8, 4) is 0 Å². The fourth-order valence-electron chi connectivity index (χ4n) is 3.27. The Kier molecular flexibility index (Phi) is 7.86. The van der Waals surface area contributed by atoms with E-state index in [0.717, 1.165) is 56.4 Å². The van der Waals surface area contributed by atoms with Crippen LogP contribution in [-0.4, -0.2) is 33.8 Å². The Labute approximate surface area is 172 Å². The van der Waals surface area contributed by atoms with E-state index in [0.29, 0.717) is 6.04 Å². The molecule has 1 aliphatic rings. The smallest absolute Gasteiger partial charge is 0.191 e. The van der Waals surface area contributed by atoms with Crippen molar-refractivity contribution in [3.05, 3.63) is 47.0 Å². The molecule has 6 nitrogen and oxygen atoms in total. The first-order chi connectivity index (χ1) is 12.2. The van der Waals surface area contributed by atoms with Crippen molar-refractivity contribution in [1.82, 2.24) is 25.4 Å². The van der Waals surface area contributed by atoms with E-state index in [1.165, 1.54) is 11.1 Å². The second-order valence-corrected chi connectivity index (χ2v) is 6.41. The zero-order valence-electron chi connectivity index (χ0n) is 15.8. The fraction of sp³-hybridized carbons (Fsp3) is 0.526. The Balaban J connectivity index is 0.00000243. The van der Waals surface area contributed by atoms with Crippen LogP contribution in [0.1, 0.15) is 43.0 Å². The molecule has 2 N–H and O–H groups in total. The van der Waals surface area contributed by atoms with Crippen molar-refractivity contribution in [2.75, 3.05) is 7.05 Å². The SMILES string of the molecule is CCc1nc2n(n1)CC(NC(=NC)NCc1ccccc1CC)CC2.I. The molecule has 0 fully saturated rings. The normalized spacial score (nSPS) is 16.6. The van der Waals surface area contributed by atoms with E-state index >= 15 is 0 Å². The lowest BCUT2D eigenvalue weighted by Crippen LogP contribution is -2.46. The molecule has 2 aromatic rings. The van der Waals surface area contributed by atoms with Gasteiger partial charge in [0.2, 0.25) is 0 Å². The van der Waals surface area contributed by atoms with Crippen LogP contribution in [0.5, 0.6) is 0 Å². The summed E-state index contributed by atoms with van der Waals surface area (Å²) < 4.78 is 2.04. The van der Waals surface area contributed by atoms with Crippen LogP contribution in [0.4, 0.5) is 0 Å². The summed E-state index contributed by atoms with van der Waals surface area (Å²) >= 11 is 0. The van der Waals surface area contributed by atoms with Crippen molar-refractivity contribution in [3.63, 3.8) is 0 Å². The Hall–Kier alpha value is -1.64. The lowest BCUT2D eigenvalue weighted by atomic mass is 10.1. The molecular formula is C19H29IN6. The summed E-state index contributed by atoms with van der Waals surface area (Å²) in [5, 5.41) is 11.5. The van der Waals surface area contributed by atoms with Gasteiger partial charge in [0.05, 0.1) is 6.54 Å². The average molecular weight is 468 g/mol. The number of halogens is 1. The van der Waals surface area contributed by atoms with Gasteiger partial charge in [-0.25, -0.2) is 9.67 Å². The zero-order chi connectivity index (χ0) is 17.6. The van der Waals surface area contributed by atoms with Crippen LogP contribution in [0.15, 0.2) is 29.3 Å². The quantitative estimate of drug-likeness (QED) is 0.403. The molecule has 1 aliphatic heterocycles. The number of guanidine groups is 1. The van der Waals surface area contributed by atoms with Crippen molar-refractivity contribution in [2.24, 2.45) is 4.99 Å². The minimum Gasteiger partial charge on any atom is -0.352 e. The van der Waals surface area contributed by atoms with Gasteiger partial charge in [0.1, 0.15) is 5.82 Å². The second-order valence-electron chi connectivity index (χ2n) is 6.41. The maximum Gasteiger partial charge on any atom is 0.191 e. The van der Waals surface area contributed by atoms with Crippen LogP contribution >= 0.6 is 24.0 Å². The Morgan fingerprint density at radius 3 is 2.69 bits per heavy atom. The predicted molar refractivity (Wildman–Crippen MR) is 116 cm³/mol. The number of aliphatic imine (C=N–C) groups is 1. The minimum atomic E-state index is 0. The van der Waals surface area contributed by atoms with Crippen LogP contribution in [0.25, 0.3) is 0 Å². The predicted octanol–water partition coefficient (Wildman–Crippen LogP) is 2.70. The summed E-state index contributed by atoms with van der Waals surface area (Å²) in [6, 6.07) is 8.87. The molecular weight excluding hydrogens is 439 g/mol. The number of hydrogen-bond acceptors (Lipinski definition) is 3. The number of nitrogens with zero attached hydrogens (tertiary/aromatic N) is 4. The number of benzene rings is 1. The lowest BCUT2D eigenvalue weighted by Gasteiger charge is -2.25. The van der Waals surface area contributed by atoms with Gasteiger partial charge in [0.15, 0.2) is 11.8 Å². The summed E-state index contributed by atoms with van der Waals surface area (Å²) in [5.74, 6) is 2.89. The summed E-state index contributed by atoms with van der Waals surface area (Å²) in [7, 11) is 1.82. The molecule has 1 aromatic carbocycles. The van der Waals surface area contributed by atoms with E-state index in [-0.39, 0.29) is 24.0 Å². The largest absolute Gasteiger partial charge is 0.352 e. The van der Waals surface area contributed by atoms with Crippen LogP contribution in [0.3, 0.4) is 0 Å². The topological polar surface area (TPSA) is 67.1 Å². The molecule has 142 valence electrons. The Morgan fingerprint density at radius 1 is 1.23 bits per heavy atom. The first kappa shape index (κ1) is 20.7. The first-order valence-electron chi connectivity index (χ1n) is 9.20. The van der Waals surface area contributed by atoms with Gasteiger partial charge in [-0.2, -0.15) is 5.10 Å². The van der Waals surface area contributed by atoms with Gasteiger partial charge < -0.3 is 10.6 Å². The number of aromatic nitrogens is 3. The van der Waals surface area contributed by atoms with E-state index < -0.39 is 0 Å². The summed E-state index contributed by atoms with van der Waals surface area (Å²) in [4.78, 5) is 8.96. The molecule has 0 amide bonds. The van der Waals surface area contributed by atoms with Crippen molar-refractivity contribution in [1.29, 1.82) is 0 Å². The van der Waals surface area contributed by atoms with E-state index in [1.54, 1.807) is 0 Å². The summed E-state index contributed by atoms with van der Waals surface area (Å²) in [6.07, 6.45) is 3.94. The molecule has 0 bridgehead atoms. The number of aryl methyl sites for hydroxylation is 3. The zero-order valence-corrected chi connectivity index (χ0v) is 18.2. The molecule has 0 saturated heterocycles. The van der Waals surface area contributed by atoms with Gasteiger partial charge >= 0.3 is 0 Å². The van der Waals surface area contributed by atoms with Crippen LogP contribution in [0.2, 0.25) is 0 Å². The number of rotatable bonds is 5. The minimum absolute atomic E-state index is 0. The lowest BCUT2D eigenvalue weighted by molar-refractivity contribution is 0.392. The van der Waals surface area contributed by atoms with E-state index in [4.69, 9.17) is 0 Å². The van der Waals surface area contributed by atoms with Gasteiger partial charge in [0.25, 0.3) is 0 Å². The van der Waals surface area contributed by atoms with Gasteiger partial charge in [-0.15, -0.1) is 24.0 Å². The van der Waals surface area contributed by atoms with Gasteiger partial charge in [0, 0.05) is 32.5 Å². The summed E-state index contributed by atoms with van der Waals surface area (Å²) in [6.45, 7) is 5.91. The highest BCUT2D eigenvalue weighted by Crippen LogP contribution is 2.13. The maximum absolute atomic E-state index is 4.58. The van der Waals surface area contributed by atoms with E-state index in [1.807, 2.05) is 11.7 Å². The summed E-state index contributed by atoms with van der Waals surface area (Å²) in [5.41, 5.74) is 2.70. The molecule has 0 spiro atoms. The molecule has 7 heteroatoms. The molecule has 3 rings (SSSR count). The van der Waals surface area contributed by atoms with E-state index in [9.17, 15) is 0 Å². The van der Waals surface area contributed by atoms with Crippen molar-refractivity contribution in [2.45, 2.75) is 58.7 Å². The Bertz CT molecular complexity index is 739. The molecule has 2 heterocycles. The van der Waals surface area contributed by atoms with Gasteiger partial charge in [-0.05, 0) is 24.0 Å². The monoisotopic (exact) mass is 468 g/mol. The molecule has 1 aromatic heterocycles. The standard InChI is InChI=1S/C19H28N6.HI/c1-4-14-8-6-7-9-15(14)12-21-19(20-3)22-16-10-11-18-23-17(5-2)24-25(18)13-16;/h6-9,16H,4-5,10-13H2,1-3H3,(H2,20,21,22);1H. The molecule has 0 radical (unpaired) electrons.